The van der Waals surface area contributed by atoms with Crippen LogP contribution < -0.4 is 10.4 Å². The van der Waals surface area contributed by atoms with Gasteiger partial charge in [-0.1, -0.05) is 48.0 Å². The van der Waals surface area contributed by atoms with Crippen molar-refractivity contribution < 1.29 is 4.74 Å². The number of imidazole rings is 1. The van der Waals surface area contributed by atoms with Gasteiger partial charge in [-0.15, -0.1) is 0 Å². The van der Waals surface area contributed by atoms with Crippen LogP contribution in [0.1, 0.15) is 5.56 Å². The molecule has 0 atom stereocenters. The third-order valence-electron chi connectivity index (χ3n) is 4.17. The second kappa shape index (κ2) is 6.76. The Hall–Kier alpha value is -3.53. The van der Waals surface area contributed by atoms with Crippen molar-refractivity contribution in [2.75, 3.05) is 0 Å². The minimum absolute atomic E-state index is 0.169. The third-order valence-corrected chi connectivity index (χ3v) is 4.17. The molecule has 0 aliphatic carbocycles. The molecule has 0 spiro atoms. The molecule has 0 radical (unpaired) electrons. The molecule has 4 heteroatoms. The fourth-order valence-corrected chi connectivity index (χ4v) is 2.77. The van der Waals surface area contributed by atoms with Gasteiger partial charge in [-0.05, 0) is 48.9 Å². The van der Waals surface area contributed by atoms with E-state index in [-0.39, 0.29) is 5.69 Å². The van der Waals surface area contributed by atoms with E-state index in [1.807, 2.05) is 92.0 Å². The summed E-state index contributed by atoms with van der Waals surface area (Å²) in [7, 11) is 0. The first-order valence-corrected chi connectivity index (χ1v) is 8.41. The van der Waals surface area contributed by atoms with Gasteiger partial charge in [0.15, 0.2) is 0 Å². The molecule has 0 amide bonds. The minimum Gasteiger partial charge on any atom is -0.457 e. The van der Waals surface area contributed by atoms with Crippen molar-refractivity contribution in [2.24, 2.45) is 0 Å². The molecular formula is C22H18N2O2. The van der Waals surface area contributed by atoms with Crippen LogP contribution in [-0.2, 0) is 0 Å². The van der Waals surface area contributed by atoms with Gasteiger partial charge in [-0.3, -0.25) is 4.57 Å². The summed E-state index contributed by atoms with van der Waals surface area (Å²) >= 11 is 0. The molecule has 0 unspecified atom stereocenters. The molecule has 4 aromatic rings. The van der Waals surface area contributed by atoms with E-state index in [1.54, 1.807) is 4.57 Å². The largest absolute Gasteiger partial charge is 0.457 e. The fraction of sp³-hybridized carbons (Fsp3) is 0.0455. The van der Waals surface area contributed by atoms with Gasteiger partial charge < -0.3 is 9.72 Å². The predicted molar refractivity (Wildman–Crippen MR) is 103 cm³/mol. The van der Waals surface area contributed by atoms with Gasteiger partial charge in [-0.25, -0.2) is 4.79 Å². The second-order valence-corrected chi connectivity index (χ2v) is 6.12. The van der Waals surface area contributed by atoms with Crippen LogP contribution in [0.15, 0.2) is 89.9 Å². The number of ether oxygens (including phenoxy) is 1. The van der Waals surface area contributed by atoms with Crippen LogP contribution in [0.3, 0.4) is 0 Å². The smallest absolute Gasteiger partial charge is 0.330 e. The van der Waals surface area contributed by atoms with Gasteiger partial charge in [-0.2, -0.15) is 0 Å². The predicted octanol–water partition coefficient (Wildman–Crippen LogP) is 4.93. The zero-order chi connectivity index (χ0) is 17.9. The Morgan fingerprint density at radius 3 is 2.15 bits per heavy atom. The normalized spacial score (nSPS) is 10.7. The third kappa shape index (κ3) is 3.30. The summed E-state index contributed by atoms with van der Waals surface area (Å²) in [6, 6.07) is 25.1. The van der Waals surface area contributed by atoms with Gasteiger partial charge >= 0.3 is 5.69 Å². The standard InChI is InChI=1S/C22H18N2O2/c1-16-7-9-17(10-8-16)21-15-24(22(25)23-21)18-11-13-20(14-12-18)26-19-5-3-2-4-6-19/h2-15H,1H3,(H,23,25). The molecule has 128 valence electrons. The van der Waals surface area contributed by atoms with Crippen molar-refractivity contribution in [3.63, 3.8) is 0 Å². The van der Waals surface area contributed by atoms with Crippen molar-refractivity contribution in [1.29, 1.82) is 0 Å². The maximum absolute atomic E-state index is 12.3. The molecule has 0 saturated heterocycles. The average Bonchev–Trinajstić information content (AvgIpc) is 3.05. The summed E-state index contributed by atoms with van der Waals surface area (Å²) in [6.07, 6.45) is 1.82. The summed E-state index contributed by atoms with van der Waals surface area (Å²) < 4.78 is 7.39. The van der Waals surface area contributed by atoms with E-state index in [1.165, 1.54) is 5.56 Å². The second-order valence-electron chi connectivity index (χ2n) is 6.12. The maximum atomic E-state index is 12.3. The highest BCUT2D eigenvalue weighted by Crippen LogP contribution is 2.23. The molecular weight excluding hydrogens is 324 g/mol. The summed E-state index contributed by atoms with van der Waals surface area (Å²) in [6.45, 7) is 2.04. The SMILES string of the molecule is Cc1ccc(-c2cn(-c3ccc(Oc4ccccc4)cc3)c(=O)[nH]2)cc1. The highest BCUT2D eigenvalue weighted by atomic mass is 16.5. The van der Waals surface area contributed by atoms with Crippen molar-refractivity contribution in [3.8, 4) is 28.4 Å². The van der Waals surface area contributed by atoms with Crippen molar-refractivity contribution in [1.82, 2.24) is 9.55 Å². The molecule has 0 fully saturated rings. The summed E-state index contributed by atoms with van der Waals surface area (Å²) in [5.41, 5.74) is 3.57. The van der Waals surface area contributed by atoms with Gasteiger partial charge in [0, 0.05) is 6.20 Å². The Balaban J connectivity index is 1.60. The Bertz CT molecular complexity index is 1060. The molecule has 26 heavy (non-hydrogen) atoms. The number of aryl methyl sites for hydroxylation is 1. The number of H-pyrrole nitrogens is 1. The number of aromatic nitrogens is 2. The number of para-hydroxylation sites is 1. The molecule has 4 rings (SSSR count). The lowest BCUT2D eigenvalue weighted by molar-refractivity contribution is 0.482. The first kappa shape index (κ1) is 16.0. The molecule has 1 aromatic heterocycles. The van der Waals surface area contributed by atoms with Crippen LogP contribution in [0.4, 0.5) is 0 Å². The number of hydrogen-bond acceptors (Lipinski definition) is 2. The molecule has 0 saturated carbocycles. The molecule has 4 nitrogen and oxygen atoms in total. The van der Waals surface area contributed by atoms with E-state index in [0.717, 1.165) is 28.4 Å². The quantitative estimate of drug-likeness (QED) is 0.571. The Kier molecular flexibility index (Phi) is 4.15. The van der Waals surface area contributed by atoms with Crippen molar-refractivity contribution >= 4 is 0 Å². The van der Waals surface area contributed by atoms with Gasteiger partial charge in [0.2, 0.25) is 0 Å². The van der Waals surface area contributed by atoms with Crippen LogP contribution >= 0.6 is 0 Å². The molecule has 0 aliphatic rings. The van der Waals surface area contributed by atoms with Crippen LogP contribution in [0.25, 0.3) is 16.9 Å². The first-order valence-electron chi connectivity index (χ1n) is 8.41. The minimum atomic E-state index is -0.169. The molecule has 0 aliphatic heterocycles. The first-order chi connectivity index (χ1) is 12.7. The lowest BCUT2D eigenvalue weighted by atomic mass is 10.1. The lowest BCUT2D eigenvalue weighted by Gasteiger charge is -2.06. The Morgan fingerprint density at radius 1 is 0.808 bits per heavy atom. The fourth-order valence-electron chi connectivity index (χ4n) is 2.77. The number of nitrogens with one attached hydrogen (secondary N) is 1. The Labute approximate surface area is 151 Å². The van der Waals surface area contributed by atoms with Crippen LogP contribution in [0, 0.1) is 6.92 Å². The highest BCUT2D eigenvalue weighted by molar-refractivity contribution is 5.59. The maximum Gasteiger partial charge on any atom is 0.330 e. The van der Waals surface area contributed by atoms with Crippen LogP contribution in [0.5, 0.6) is 11.5 Å². The molecule has 1 heterocycles. The molecule has 1 N–H and O–H groups in total. The molecule has 3 aromatic carbocycles. The lowest BCUT2D eigenvalue weighted by Crippen LogP contribution is -2.13. The average molecular weight is 342 g/mol. The number of nitrogens with zero attached hydrogens (tertiary/aromatic N) is 1. The summed E-state index contributed by atoms with van der Waals surface area (Å²) in [4.78, 5) is 15.2. The summed E-state index contributed by atoms with van der Waals surface area (Å²) in [5.74, 6) is 1.50. The van der Waals surface area contributed by atoms with Crippen molar-refractivity contribution in [3.05, 3.63) is 101 Å². The Morgan fingerprint density at radius 2 is 1.46 bits per heavy atom. The van der Waals surface area contributed by atoms with Crippen LogP contribution in [0.2, 0.25) is 0 Å². The van der Waals surface area contributed by atoms with Crippen LogP contribution in [-0.4, -0.2) is 9.55 Å². The molecule has 0 bridgehead atoms. The van der Waals surface area contributed by atoms with Gasteiger partial charge in [0.1, 0.15) is 11.5 Å². The van der Waals surface area contributed by atoms with Gasteiger partial charge in [0.05, 0.1) is 11.4 Å². The van der Waals surface area contributed by atoms with E-state index in [0.29, 0.717) is 0 Å². The number of aromatic amines is 1. The van der Waals surface area contributed by atoms with E-state index >= 15 is 0 Å². The topological polar surface area (TPSA) is 47.0 Å². The summed E-state index contributed by atoms with van der Waals surface area (Å²) in [5, 5.41) is 0. The number of benzene rings is 3. The zero-order valence-electron chi connectivity index (χ0n) is 14.3. The van der Waals surface area contributed by atoms with E-state index < -0.39 is 0 Å². The van der Waals surface area contributed by atoms with Gasteiger partial charge in [0.25, 0.3) is 0 Å². The zero-order valence-corrected chi connectivity index (χ0v) is 14.3. The number of rotatable bonds is 4. The van der Waals surface area contributed by atoms with E-state index in [9.17, 15) is 4.79 Å². The van der Waals surface area contributed by atoms with E-state index in [2.05, 4.69) is 4.98 Å². The number of hydrogen-bond donors (Lipinski definition) is 1. The highest BCUT2D eigenvalue weighted by Gasteiger charge is 2.07. The van der Waals surface area contributed by atoms with E-state index in [4.69, 9.17) is 4.74 Å². The monoisotopic (exact) mass is 342 g/mol. The van der Waals surface area contributed by atoms with Crippen molar-refractivity contribution in [2.45, 2.75) is 6.92 Å².